The molecule has 3 aromatic rings. The van der Waals surface area contributed by atoms with Gasteiger partial charge in [-0.25, -0.2) is 0 Å². The zero-order valence-corrected chi connectivity index (χ0v) is 19.0. The van der Waals surface area contributed by atoms with E-state index in [-0.39, 0.29) is 30.7 Å². The molecule has 0 saturated carbocycles. The molecule has 0 spiro atoms. The summed E-state index contributed by atoms with van der Waals surface area (Å²) < 4.78 is 5.58. The summed E-state index contributed by atoms with van der Waals surface area (Å²) in [6.07, 6.45) is 0.179. The van der Waals surface area contributed by atoms with E-state index in [1.807, 2.05) is 61.5 Å². The highest BCUT2D eigenvalue weighted by Gasteiger charge is 2.35. The minimum Gasteiger partial charge on any atom is -0.484 e. The number of benzene rings is 3. The van der Waals surface area contributed by atoms with Gasteiger partial charge in [0, 0.05) is 30.9 Å². The van der Waals surface area contributed by atoms with Crippen LogP contribution in [0.1, 0.15) is 17.5 Å². The molecule has 2 N–H and O–H groups in total. The molecule has 0 aliphatic carbocycles. The van der Waals surface area contributed by atoms with E-state index in [1.54, 1.807) is 29.2 Å². The minimum absolute atomic E-state index is 0.0915. The molecule has 34 heavy (non-hydrogen) atoms. The largest absolute Gasteiger partial charge is 0.484 e. The van der Waals surface area contributed by atoms with Gasteiger partial charge in [-0.1, -0.05) is 48.5 Å². The number of hydrogen-bond donors (Lipinski definition) is 2. The highest BCUT2D eigenvalue weighted by Crippen LogP contribution is 2.27. The maximum atomic E-state index is 12.5. The van der Waals surface area contributed by atoms with Crippen LogP contribution in [0.4, 0.5) is 11.4 Å². The first-order chi connectivity index (χ1) is 16.5. The van der Waals surface area contributed by atoms with Crippen molar-refractivity contribution in [2.45, 2.75) is 19.9 Å². The first-order valence-corrected chi connectivity index (χ1v) is 11.2. The van der Waals surface area contributed by atoms with Gasteiger partial charge in [-0.15, -0.1) is 0 Å². The number of carbonyl (C=O) groups is 3. The number of ether oxygens (including phenoxy) is 1. The Morgan fingerprint density at radius 3 is 2.41 bits per heavy atom. The van der Waals surface area contributed by atoms with Crippen LogP contribution >= 0.6 is 0 Å². The van der Waals surface area contributed by atoms with Crippen molar-refractivity contribution in [1.29, 1.82) is 0 Å². The molecule has 174 valence electrons. The fourth-order valence-corrected chi connectivity index (χ4v) is 3.83. The third kappa shape index (κ3) is 5.81. The number of rotatable bonds is 8. The molecule has 7 heteroatoms. The zero-order valence-electron chi connectivity index (χ0n) is 19.0. The van der Waals surface area contributed by atoms with Gasteiger partial charge in [0.15, 0.2) is 6.61 Å². The molecule has 1 atom stereocenters. The lowest BCUT2D eigenvalue weighted by atomic mass is 10.1. The SMILES string of the molecule is Cc1ccccc1NC(=O)COc1ccc(N2C[C@@H](C(=O)NCc3ccccc3)CC2=O)cc1. The van der Waals surface area contributed by atoms with Gasteiger partial charge < -0.3 is 20.3 Å². The average molecular weight is 458 g/mol. The predicted molar refractivity (Wildman–Crippen MR) is 130 cm³/mol. The predicted octanol–water partition coefficient (Wildman–Crippen LogP) is 3.68. The van der Waals surface area contributed by atoms with E-state index in [9.17, 15) is 14.4 Å². The van der Waals surface area contributed by atoms with E-state index in [0.717, 1.165) is 16.8 Å². The summed E-state index contributed by atoms with van der Waals surface area (Å²) in [6.45, 7) is 2.57. The van der Waals surface area contributed by atoms with E-state index in [2.05, 4.69) is 10.6 Å². The van der Waals surface area contributed by atoms with Crippen LogP contribution in [0.3, 0.4) is 0 Å². The number of nitrogens with one attached hydrogen (secondary N) is 2. The van der Waals surface area contributed by atoms with Crippen molar-refractivity contribution in [3.05, 3.63) is 90.0 Å². The molecule has 0 radical (unpaired) electrons. The second kappa shape index (κ2) is 10.7. The van der Waals surface area contributed by atoms with Crippen molar-refractivity contribution in [3.8, 4) is 5.75 Å². The molecule has 3 aromatic carbocycles. The monoisotopic (exact) mass is 457 g/mol. The molecule has 1 aliphatic heterocycles. The molecule has 0 unspecified atom stereocenters. The first kappa shape index (κ1) is 23.0. The van der Waals surface area contributed by atoms with Gasteiger partial charge in [0.25, 0.3) is 5.91 Å². The number of para-hydroxylation sites is 1. The Morgan fingerprint density at radius 2 is 1.68 bits per heavy atom. The molecule has 3 amide bonds. The maximum Gasteiger partial charge on any atom is 0.262 e. The van der Waals surface area contributed by atoms with Crippen LogP contribution in [0.5, 0.6) is 5.75 Å². The lowest BCUT2D eigenvalue weighted by Crippen LogP contribution is -2.32. The molecular weight excluding hydrogens is 430 g/mol. The normalized spacial score (nSPS) is 15.1. The highest BCUT2D eigenvalue weighted by molar-refractivity contribution is 6.00. The Bertz CT molecular complexity index is 1160. The summed E-state index contributed by atoms with van der Waals surface area (Å²) in [5.41, 5.74) is 3.43. The van der Waals surface area contributed by atoms with Crippen LogP contribution in [0.25, 0.3) is 0 Å². The third-order valence-corrected chi connectivity index (χ3v) is 5.74. The minimum atomic E-state index is -0.391. The fourth-order valence-electron chi connectivity index (χ4n) is 3.83. The van der Waals surface area contributed by atoms with E-state index < -0.39 is 5.92 Å². The lowest BCUT2D eigenvalue weighted by Gasteiger charge is -2.17. The van der Waals surface area contributed by atoms with Gasteiger partial charge in [-0.05, 0) is 48.4 Å². The number of hydrogen-bond acceptors (Lipinski definition) is 4. The van der Waals surface area contributed by atoms with Crippen molar-refractivity contribution in [2.24, 2.45) is 5.92 Å². The molecule has 1 saturated heterocycles. The van der Waals surface area contributed by atoms with Gasteiger partial charge in [0.05, 0.1) is 5.92 Å². The molecule has 7 nitrogen and oxygen atoms in total. The van der Waals surface area contributed by atoms with Crippen molar-refractivity contribution in [2.75, 3.05) is 23.4 Å². The van der Waals surface area contributed by atoms with Crippen molar-refractivity contribution in [3.63, 3.8) is 0 Å². The van der Waals surface area contributed by atoms with E-state index in [1.165, 1.54) is 0 Å². The molecular formula is C27H27N3O4. The fraction of sp³-hybridized carbons (Fsp3) is 0.222. The molecule has 0 aromatic heterocycles. The van der Waals surface area contributed by atoms with Gasteiger partial charge in [0.2, 0.25) is 11.8 Å². The van der Waals surface area contributed by atoms with Crippen LogP contribution in [0.15, 0.2) is 78.9 Å². The smallest absolute Gasteiger partial charge is 0.262 e. The van der Waals surface area contributed by atoms with Crippen LogP contribution in [0.2, 0.25) is 0 Å². The first-order valence-electron chi connectivity index (χ1n) is 11.2. The van der Waals surface area contributed by atoms with E-state index in [4.69, 9.17) is 4.74 Å². The van der Waals surface area contributed by atoms with Crippen LogP contribution in [-0.2, 0) is 20.9 Å². The van der Waals surface area contributed by atoms with Gasteiger partial charge in [0.1, 0.15) is 5.75 Å². The Hall–Kier alpha value is -4.13. The average Bonchev–Trinajstić information content (AvgIpc) is 3.25. The van der Waals surface area contributed by atoms with Crippen LogP contribution in [-0.4, -0.2) is 30.9 Å². The molecule has 0 bridgehead atoms. The van der Waals surface area contributed by atoms with Crippen LogP contribution < -0.4 is 20.3 Å². The van der Waals surface area contributed by atoms with Gasteiger partial charge in [-0.2, -0.15) is 0 Å². The Morgan fingerprint density at radius 1 is 0.971 bits per heavy atom. The van der Waals surface area contributed by atoms with Crippen molar-refractivity contribution in [1.82, 2.24) is 5.32 Å². The summed E-state index contributed by atoms with van der Waals surface area (Å²) in [7, 11) is 0. The summed E-state index contributed by atoms with van der Waals surface area (Å²) in [5, 5.41) is 5.74. The Balaban J connectivity index is 1.27. The number of anilines is 2. The van der Waals surface area contributed by atoms with Gasteiger partial charge in [-0.3, -0.25) is 14.4 Å². The second-order valence-electron chi connectivity index (χ2n) is 8.25. The number of amides is 3. The Kier molecular flexibility index (Phi) is 7.22. The van der Waals surface area contributed by atoms with Crippen LogP contribution in [0, 0.1) is 12.8 Å². The maximum absolute atomic E-state index is 12.5. The topological polar surface area (TPSA) is 87.7 Å². The molecule has 1 aliphatic rings. The quantitative estimate of drug-likeness (QED) is 0.540. The van der Waals surface area contributed by atoms with Crippen molar-refractivity contribution >= 4 is 29.1 Å². The lowest BCUT2D eigenvalue weighted by molar-refractivity contribution is -0.126. The number of nitrogens with zero attached hydrogens (tertiary/aromatic N) is 1. The van der Waals surface area contributed by atoms with E-state index >= 15 is 0 Å². The molecule has 4 rings (SSSR count). The summed E-state index contributed by atoms with van der Waals surface area (Å²) >= 11 is 0. The third-order valence-electron chi connectivity index (χ3n) is 5.74. The van der Waals surface area contributed by atoms with E-state index in [0.29, 0.717) is 24.5 Å². The number of aryl methyl sites for hydroxylation is 1. The summed E-state index contributed by atoms with van der Waals surface area (Å²) in [5.74, 6) is -0.340. The molecule has 1 fully saturated rings. The standard InChI is InChI=1S/C27H27N3O4/c1-19-7-5-6-10-24(19)29-25(31)18-34-23-13-11-22(12-14-23)30-17-21(15-26(30)32)27(33)28-16-20-8-3-2-4-9-20/h2-14,21H,15-18H2,1H3,(H,28,33)(H,29,31)/t21-/m0/s1. The summed E-state index contributed by atoms with van der Waals surface area (Å²) in [6, 6.07) is 24.1. The number of carbonyl (C=O) groups excluding carboxylic acids is 3. The molecule has 1 heterocycles. The summed E-state index contributed by atoms with van der Waals surface area (Å²) in [4.78, 5) is 38.9. The van der Waals surface area contributed by atoms with Gasteiger partial charge >= 0.3 is 0 Å². The second-order valence-corrected chi connectivity index (χ2v) is 8.25. The Labute approximate surface area is 198 Å². The zero-order chi connectivity index (χ0) is 23.9. The highest BCUT2D eigenvalue weighted by atomic mass is 16.5. The van der Waals surface area contributed by atoms with Crippen molar-refractivity contribution < 1.29 is 19.1 Å².